The molecule has 0 saturated carbocycles. The zero-order chi connectivity index (χ0) is 59.2. The number of esters is 3. The van der Waals surface area contributed by atoms with Gasteiger partial charge in [0.2, 0.25) is 0 Å². The molecule has 0 aromatic carbocycles. The van der Waals surface area contributed by atoms with Crippen LogP contribution in [0, 0.1) is 0 Å². The lowest BCUT2D eigenvalue weighted by atomic mass is 10.0. The molecule has 6 nitrogen and oxygen atoms in total. The molecule has 0 aliphatic heterocycles. The third kappa shape index (κ3) is 66.6. The van der Waals surface area contributed by atoms with Crippen molar-refractivity contribution in [1.29, 1.82) is 0 Å². The molecule has 0 spiro atoms. The summed E-state index contributed by atoms with van der Waals surface area (Å²) in [5.74, 6) is -0.948. The Morgan fingerprint density at radius 1 is 0.256 bits per heavy atom. The van der Waals surface area contributed by atoms with Gasteiger partial charge in [0.15, 0.2) is 6.10 Å². The minimum absolute atomic E-state index is 0.100. The monoisotopic (exact) mass is 1140 g/mol. The molecule has 0 N–H and O–H groups in total. The maximum absolute atomic E-state index is 12.9. The average molecular weight is 1140 g/mol. The van der Waals surface area contributed by atoms with Crippen LogP contribution in [-0.2, 0) is 28.6 Å². The van der Waals surface area contributed by atoms with Crippen LogP contribution >= 0.6 is 0 Å². The standard InChI is InChI=1S/C76H128O6/c1-4-7-10-13-16-19-22-25-28-31-34-36-37-38-40-42-45-48-51-54-57-60-63-66-69-75(78)81-72-73(71-80-74(77)68-65-62-59-56-53-50-47-44-41-33-30-27-24-21-18-15-12-9-6-3)82-76(79)70-67-64-61-58-55-52-49-46-43-39-35-32-29-26-23-20-17-14-11-8-5-2/h8-9,11-12,17-18,20-21,26-27,29-30,35,39,41,44,46,49,55,58,73H,4-7,10,13-16,19,22-25,28,31-34,36-38,40,42-43,45,47-48,50-54,56-57,59-72H2,1-3H3/b11-8-,12-9-,20-17-,21-18-,29-26-,30-27-,39-35-,44-41-,49-46-,58-55-. The van der Waals surface area contributed by atoms with Gasteiger partial charge in [-0.05, 0) is 109 Å². The molecule has 0 fully saturated rings. The molecule has 0 bridgehead atoms. The zero-order valence-corrected chi connectivity index (χ0v) is 53.7. The van der Waals surface area contributed by atoms with E-state index in [-0.39, 0.29) is 37.5 Å². The molecule has 468 valence electrons. The van der Waals surface area contributed by atoms with Crippen molar-refractivity contribution in [2.45, 2.75) is 329 Å². The molecule has 0 aliphatic rings. The van der Waals surface area contributed by atoms with E-state index in [0.717, 1.165) is 128 Å². The van der Waals surface area contributed by atoms with E-state index in [1.807, 2.05) is 0 Å². The first-order valence-corrected chi connectivity index (χ1v) is 34.5. The second-order valence-electron chi connectivity index (χ2n) is 22.7. The van der Waals surface area contributed by atoms with Gasteiger partial charge in [-0.1, -0.05) is 316 Å². The van der Waals surface area contributed by atoms with E-state index in [2.05, 4.69) is 142 Å². The fourth-order valence-corrected chi connectivity index (χ4v) is 9.62. The van der Waals surface area contributed by atoms with Gasteiger partial charge in [-0.2, -0.15) is 0 Å². The van der Waals surface area contributed by atoms with Crippen LogP contribution in [0.4, 0.5) is 0 Å². The second-order valence-corrected chi connectivity index (χ2v) is 22.7. The van der Waals surface area contributed by atoms with Gasteiger partial charge in [-0.3, -0.25) is 14.4 Å². The molecule has 0 radical (unpaired) electrons. The van der Waals surface area contributed by atoms with Crippen molar-refractivity contribution in [3.63, 3.8) is 0 Å². The normalized spacial score (nSPS) is 12.9. The molecule has 0 heterocycles. The summed E-state index contributed by atoms with van der Waals surface area (Å²) in [6, 6.07) is 0. The summed E-state index contributed by atoms with van der Waals surface area (Å²) in [5, 5.41) is 0. The summed E-state index contributed by atoms with van der Waals surface area (Å²) in [4.78, 5) is 38.5. The quantitative estimate of drug-likeness (QED) is 0.0261. The maximum Gasteiger partial charge on any atom is 0.306 e. The lowest BCUT2D eigenvalue weighted by Gasteiger charge is -2.18. The van der Waals surface area contributed by atoms with E-state index in [1.165, 1.54) is 148 Å². The Kier molecular flexibility index (Phi) is 65.8. The highest BCUT2D eigenvalue weighted by molar-refractivity contribution is 5.71. The number of hydrogen-bond acceptors (Lipinski definition) is 6. The molecule has 0 rings (SSSR count). The van der Waals surface area contributed by atoms with Gasteiger partial charge in [0.05, 0.1) is 0 Å². The Bertz CT molecular complexity index is 1690. The fraction of sp³-hybridized carbons (Fsp3) is 0.697. The largest absolute Gasteiger partial charge is 0.462 e. The van der Waals surface area contributed by atoms with Crippen molar-refractivity contribution in [3.05, 3.63) is 122 Å². The Balaban J connectivity index is 4.44. The van der Waals surface area contributed by atoms with Gasteiger partial charge in [0.25, 0.3) is 0 Å². The van der Waals surface area contributed by atoms with Crippen molar-refractivity contribution in [1.82, 2.24) is 0 Å². The van der Waals surface area contributed by atoms with Gasteiger partial charge < -0.3 is 14.2 Å². The topological polar surface area (TPSA) is 78.9 Å². The summed E-state index contributed by atoms with van der Waals surface area (Å²) >= 11 is 0. The van der Waals surface area contributed by atoms with Crippen LogP contribution in [0.1, 0.15) is 323 Å². The smallest absolute Gasteiger partial charge is 0.306 e. The van der Waals surface area contributed by atoms with Crippen LogP contribution in [-0.4, -0.2) is 37.2 Å². The van der Waals surface area contributed by atoms with Crippen molar-refractivity contribution in [3.8, 4) is 0 Å². The van der Waals surface area contributed by atoms with E-state index < -0.39 is 6.10 Å². The Hall–Kier alpha value is -4.19. The number of carbonyl (C=O) groups is 3. The highest BCUT2D eigenvalue weighted by atomic mass is 16.6. The number of rotatable bonds is 62. The van der Waals surface area contributed by atoms with E-state index in [4.69, 9.17) is 14.2 Å². The Morgan fingerprint density at radius 2 is 0.476 bits per heavy atom. The predicted octanol–water partition coefficient (Wildman–Crippen LogP) is 23.9. The van der Waals surface area contributed by atoms with Gasteiger partial charge >= 0.3 is 17.9 Å². The van der Waals surface area contributed by atoms with Crippen LogP contribution in [0.15, 0.2) is 122 Å². The lowest BCUT2D eigenvalue weighted by Crippen LogP contribution is -2.30. The van der Waals surface area contributed by atoms with Crippen LogP contribution in [0.3, 0.4) is 0 Å². The van der Waals surface area contributed by atoms with Crippen LogP contribution < -0.4 is 0 Å². The molecule has 0 saturated heterocycles. The molecule has 1 atom stereocenters. The number of ether oxygens (including phenoxy) is 3. The molecule has 1 unspecified atom stereocenters. The minimum atomic E-state index is -0.812. The molecule has 0 aromatic heterocycles. The lowest BCUT2D eigenvalue weighted by molar-refractivity contribution is -0.167. The van der Waals surface area contributed by atoms with E-state index in [0.29, 0.717) is 19.3 Å². The van der Waals surface area contributed by atoms with Crippen LogP contribution in [0.5, 0.6) is 0 Å². The highest BCUT2D eigenvalue weighted by Gasteiger charge is 2.19. The molecule has 0 aromatic rings. The summed E-state index contributed by atoms with van der Waals surface area (Å²) < 4.78 is 16.9. The molecule has 82 heavy (non-hydrogen) atoms. The third-order valence-electron chi connectivity index (χ3n) is 14.7. The van der Waals surface area contributed by atoms with Gasteiger partial charge in [0.1, 0.15) is 13.2 Å². The summed E-state index contributed by atoms with van der Waals surface area (Å²) in [7, 11) is 0. The first-order chi connectivity index (χ1) is 40.5. The highest BCUT2D eigenvalue weighted by Crippen LogP contribution is 2.17. The van der Waals surface area contributed by atoms with Gasteiger partial charge in [-0.15, -0.1) is 0 Å². The predicted molar refractivity (Wildman–Crippen MR) is 357 cm³/mol. The molecule has 6 heteroatoms. The van der Waals surface area contributed by atoms with E-state index in [1.54, 1.807) is 0 Å². The maximum atomic E-state index is 12.9. The average Bonchev–Trinajstić information content (AvgIpc) is 3.47. The third-order valence-corrected chi connectivity index (χ3v) is 14.7. The van der Waals surface area contributed by atoms with Crippen LogP contribution in [0.25, 0.3) is 0 Å². The van der Waals surface area contributed by atoms with E-state index >= 15 is 0 Å². The van der Waals surface area contributed by atoms with Crippen molar-refractivity contribution in [2.24, 2.45) is 0 Å². The zero-order valence-electron chi connectivity index (χ0n) is 53.7. The summed E-state index contributed by atoms with van der Waals surface area (Å²) in [5.41, 5.74) is 0. The first-order valence-electron chi connectivity index (χ1n) is 34.5. The molecule has 0 amide bonds. The van der Waals surface area contributed by atoms with E-state index in [9.17, 15) is 14.4 Å². The number of allylic oxidation sites excluding steroid dienone is 20. The van der Waals surface area contributed by atoms with Gasteiger partial charge in [-0.25, -0.2) is 0 Å². The Morgan fingerprint density at radius 3 is 0.768 bits per heavy atom. The summed E-state index contributed by atoms with van der Waals surface area (Å²) in [6.07, 6.45) is 96.5. The Labute approximate surface area is 507 Å². The SMILES string of the molecule is CC/C=C\C/C=C\C/C=C\C/C=C\C/C=C\C/C=C\CCCCC(=O)OC(COC(=O)CCCCCCCC/C=C\C/C=C\C/C=C\C/C=C\CC)COC(=O)CCCCCCCCCCCCCCCCCCCCCCCCCC. The second kappa shape index (κ2) is 69.3. The van der Waals surface area contributed by atoms with Gasteiger partial charge in [0, 0.05) is 19.3 Å². The fourth-order valence-electron chi connectivity index (χ4n) is 9.62. The first kappa shape index (κ1) is 77.8. The molecular weight excluding hydrogens is 1010 g/mol. The number of carbonyl (C=O) groups excluding carboxylic acids is 3. The van der Waals surface area contributed by atoms with Crippen LogP contribution in [0.2, 0.25) is 0 Å². The van der Waals surface area contributed by atoms with Crippen molar-refractivity contribution < 1.29 is 28.6 Å². The van der Waals surface area contributed by atoms with Crippen molar-refractivity contribution in [2.75, 3.05) is 13.2 Å². The summed E-state index contributed by atoms with van der Waals surface area (Å²) in [6.45, 7) is 6.40. The minimum Gasteiger partial charge on any atom is -0.462 e. The molecular formula is C76H128O6. The van der Waals surface area contributed by atoms with Crippen molar-refractivity contribution >= 4 is 17.9 Å². The molecule has 0 aliphatic carbocycles. The number of unbranched alkanes of at least 4 members (excludes halogenated alkanes) is 31. The number of hydrogen-bond donors (Lipinski definition) is 0.